The van der Waals surface area contributed by atoms with Crippen molar-refractivity contribution in [2.24, 2.45) is 0 Å². The van der Waals surface area contributed by atoms with Gasteiger partial charge in [-0.15, -0.1) is 11.3 Å². The fourth-order valence-electron chi connectivity index (χ4n) is 2.16. The van der Waals surface area contributed by atoms with Crippen molar-refractivity contribution < 1.29 is 0 Å². The Morgan fingerprint density at radius 1 is 0.917 bits per heavy atom. The molecule has 0 saturated heterocycles. The van der Waals surface area contributed by atoms with E-state index in [1.807, 2.05) is 27.7 Å². The van der Waals surface area contributed by atoms with Gasteiger partial charge in [-0.2, -0.15) is 0 Å². The molecule has 0 spiro atoms. The highest BCUT2D eigenvalue weighted by molar-refractivity contribution is 7.21. The summed E-state index contributed by atoms with van der Waals surface area (Å²) in [4.78, 5) is 8.09. The Hall–Kier alpha value is -1.94. The highest BCUT2D eigenvalue weighted by atomic mass is 32.1. The van der Waals surface area contributed by atoms with E-state index in [-0.39, 0.29) is 0 Å². The zero-order valence-electron chi connectivity index (χ0n) is 16.2. The molecule has 0 saturated carbocycles. The van der Waals surface area contributed by atoms with E-state index in [1.54, 1.807) is 11.3 Å². The summed E-state index contributed by atoms with van der Waals surface area (Å²) in [5, 5.41) is 1.21. The molecular weight excluding hydrogens is 314 g/mol. The summed E-state index contributed by atoms with van der Waals surface area (Å²) in [7, 11) is 8.24. The van der Waals surface area contributed by atoms with Gasteiger partial charge in [0, 0.05) is 31.9 Å². The van der Waals surface area contributed by atoms with E-state index in [0.717, 1.165) is 11.2 Å². The van der Waals surface area contributed by atoms with Crippen molar-refractivity contribution in [3.05, 3.63) is 41.8 Å². The van der Waals surface area contributed by atoms with Gasteiger partial charge in [-0.3, -0.25) is 0 Å². The van der Waals surface area contributed by atoms with E-state index < -0.39 is 0 Å². The number of hydrogen-bond donors (Lipinski definition) is 0. The van der Waals surface area contributed by atoms with Crippen molar-refractivity contribution in [2.45, 2.75) is 27.7 Å². The lowest BCUT2D eigenvalue weighted by atomic mass is 10.2. The Balaban J connectivity index is 0.000000671. The van der Waals surface area contributed by atoms with Crippen LogP contribution < -0.4 is 14.8 Å². The second-order valence-corrected chi connectivity index (χ2v) is 6.39. The molecule has 1 aromatic rings. The fraction of sp³-hybridized carbons (Fsp3) is 0.400. The number of hydrogen-bond acceptors (Lipinski definition) is 3. The van der Waals surface area contributed by atoms with Crippen LogP contribution in [0.5, 0.6) is 0 Å². The average molecular weight is 345 g/mol. The molecule has 0 radical (unpaired) electrons. The first-order valence-corrected chi connectivity index (χ1v) is 9.38. The van der Waals surface area contributed by atoms with Gasteiger partial charge < -0.3 is 4.90 Å². The average Bonchev–Trinajstić information content (AvgIpc) is 2.62. The summed E-state index contributed by atoms with van der Waals surface area (Å²) in [6, 6.07) is 12.8. The lowest BCUT2D eigenvalue weighted by Crippen LogP contribution is -2.21. The summed E-state index contributed by atoms with van der Waals surface area (Å²) < 4.78 is 3.34. The first kappa shape index (κ1) is 20.1. The molecule has 1 aliphatic carbocycles. The molecule has 1 aromatic carbocycles. The normalized spacial score (nSPS) is 9.67. The molecule has 0 fully saturated rings. The maximum Gasteiger partial charge on any atom is 0.201 e. The van der Waals surface area contributed by atoms with Gasteiger partial charge in [-0.05, 0) is 24.3 Å². The van der Waals surface area contributed by atoms with Crippen molar-refractivity contribution in [1.82, 2.24) is 9.56 Å². The third kappa shape index (κ3) is 4.54. The van der Waals surface area contributed by atoms with Crippen molar-refractivity contribution >= 4 is 27.2 Å². The predicted molar refractivity (Wildman–Crippen MR) is 110 cm³/mol. The first-order valence-electron chi connectivity index (χ1n) is 8.57. The van der Waals surface area contributed by atoms with Crippen LogP contribution in [0.3, 0.4) is 0 Å². The van der Waals surface area contributed by atoms with Gasteiger partial charge in [0.05, 0.1) is 20.8 Å². The molecular formula is C20H30N3S+. The van der Waals surface area contributed by atoms with Crippen LogP contribution >= 0.6 is 11.3 Å². The van der Waals surface area contributed by atoms with Crippen LogP contribution in [-0.4, -0.2) is 33.2 Å². The molecule has 2 aliphatic rings. The minimum atomic E-state index is 1.06. The molecule has 3 nitrogen and oxygen atoms in total. The minimum absolute atomic E-state index is 1.06. The lowest BCUT2D eigenvalue weighted by Gasteiger charge is -2.13. The standard InChI is InChI=1S/C16H18N3S.2C2H6/c1-18(2)11-5-7-13-15(9-11)20-16-10-12(19(3)4)6-8-14(16)17-13;2*1-2/h5-10H,1-4H3;2*1-2H3/q+1;;. The molecule has 3 rings (SSSR count). The Kier molecular flexibility index (Phi) is 7.86. The molecule has 0 bridgehead atoms. The van der Waals surface area contributed by atoms with Gasteiger partial charge in [0.2, 0.25) is 5.36 Å². The highest BCUT2D eigenvalue weighted by Crippen LogP contribution is 2.31. The van der Waals surface area contributed by atoms with E-state index >= 15 is 0 Å². The highest BCUT2D eigenvalue weighted by Gasteiger charge is 2.09. The van der Waals surface area contributed by atoms with E-state index in [0.29, 0.717) is 0 Å². The molecule has 130 valence electrons. The van der Waals surface area contributed by atoms with Crippen LogP contribution in [0.15, 0.2) is 36.4 Å². The lowest BCUT2D eigenvalue weighted by molar-refractivity contribution is 0.814. The molecule has 4 heteroatoms. The largest absolute Gasteiger partial charge is 0.378 e. The van der Waals surface area contributed by atoms with Crippen molar-refractivity contribution in [1.29, 1.82) is 0 Å². The van der Waals surface area contributed by atoms with Crippen LogP contribution in [0.2, 0.25) is 0 Å². The zero-order chi connectivity index (χ0) is 18.3. The van der Waals surface area contributed by atoms with Crippen molar-refractivity contribution in [3.8, 4) is 10.6 Å². The number of nitrogens with zero attached hydrogens (tertiary/aromatic N) is 3. The molecule has 24 heavy (non-hydrogen) atoms. The fourth-order valence-corrected chi connectivity index (χ4v) is 3.19. The van der Waals surface area contributed by atoms with Crippen LogP contribution in [0.4, 0.5) is 5.69 Å². The van der Waals surface area contributed by atoms with Gasteiger partial charge >= 0.3 is 0 Å². The first-order chi connectivity index (χ1) is 11.5. The van der Waals surface area contributed by atoms with Crippen molar-refractivity contribution in [2.75, 3.05) is 33.1 Å². The Morgan fingerprint density at radius 3 is 2.17 bits per heavy atom. The molecule has 0 unspecified atom stereocenters. The summed E-state index contributed by atoms with van der Waals surface area (Å²) >= 11 is 1.80. The van der Waals surface area contributed by atoms with Gasteiger partial charge in [0.25, 0.3) is 0 Å². The van der Waals surface area contributed by atoms with Gasteiger partial charge in [0.1, 0.15) is 14.1 Å². The minimum Gasteiger partial charge on any atom is -0.378 e. The smallest absolute Gasteiger partial charge is 0.201 e. The SMILES string of the molecule is CC.CC.CN(C)c1ccc2nc3ccc(=[N+](C)C)cc-3sc2c1. The van der Waals surface area contributed by atoms with E-state index in [9.17, 15) is 0 Å². The zero-order valence-corrected chi connectivity index (χ0v) is 17.0. The van der Waals surface area contributed by atoms with E-state index in [2.05, 4.69) is 74.1 Å². The molecule has 0 N–H and O–H groups in total. The topological polar surface area (TPSA) is 19.1 Å². The Morgan fingerprint density at radius 2 is 1.58 bits per heavy atom. The van der Waals surface area contributed by atoms with Crippen LogP contribution in [0.25, 0.3) is 20.8 Å². The number of fused-ring (bicyclic) bond motifs is 2. The molecule has 0 amide bonds. The van der Waals surface area contributed by atoms with E-state index in [4.69, 9.17) is 4.98 Å². The molecule has 1 heterocycles. The van der Waals surface area contributed by atoms with Gasteiger partial charge in [0.15, 0.2) is 0 Å². The Labute approximate surface area is 150 Å². The van der Waals surface area contributed by atoms with Crippen LogP contribution in [-0.2, 0) is 0 Å². The third-order valence-electron chi connectivity index (χ3n) is 3.38. The summed E-state index contributed by atoms with van der Waals surface area (Å²) in [5.41, 5.74) is 3.33. The molecule has 0 aromatic heterocycles. The number of anilines is 1. The number of aromatic nitrogens is 1. The van der Waals surface area contributed by atoms with E-state index in [1.165, 1.54) is 20.6 Å². The summed E-state index contributed by atoms with van der Waals surface area (Å²) in [6.45, 7) is 8.00. The summed E-state index contributed by atoms with van der Waals surface area (Å²) in [5.74, 6) is 0. The van der Waals surface area contributed by atoms with Gasteiger partial charge in [-0.25, -0.2) is 9.56 Å². The van der Waals surface area contributed by atoms with Crippen LogP contribution in [0.1, 0.15) is 27.7 Å². The van der Waals surface area contributed by atoms with Crippen LogP contribution in [0, 0.1) is 0 Å². The van der Waals surface area contributed by atoms with Crippen molar-refractivity contribution in [3.63, 3.8) is 0 Å². The second kappa shape index (κ2) is 9.38. The quantitative estimate of drug-likeness (QED) is 0.476. The number of benzene rings is 2. The predicted octanol–water partition coefficient (Wildman–Crippen LogP) is 4.55. The third-order valence-corrected chi connectivity index (χ3v) is 4.47. The maximum atomic E-state index is 4.75. The second-order valence-electron chi connectivity index (χ2n) is 5.31. The molecule has 1 aliphatic heterocycles. The molecule has 0 atom stereocenters. The Bertz CT molecular complexity index is 815. The van der Waals surface area contributed by atoms with Gasteiger partial charge in [-0.1, -0.05) is 27.7 Å². The monoisotopic (exact) mass is 344 g/mol. The maximum absolute atomic E-state index is 4.75. The summed E-state index contributed by atoms with van der Waals surface area (Å²) in [6.07, 6.45) is 0. The number of rotatable bonds is 1.